The standard InChI is InChI=1S/C7H11F/c1-2-6-3-7(8,4-6)5-6/h2-5H2,1H3. The molecular weight excluding hydrogens is 103 g/mol. The Morgan fingerprint density at radius 2 is 1.88 bits per heavy atom. The summed E-state index contributed by atoms with van der Waals surface area (Å²) in [4.78, 5) is 0. The molecule has 3 aliphatic carbocycles. The molecule has 1 heteroatoms. The molecule has 0 unspecified atom stereocenters. The van der Waals surface area contributed by atoms with Gasteiger partial charge in [0.05, 0.1) is 0 Å². The van der Waals surface area contributed by atoms with E-state index in [0.717, 1.165) is 19.3 Å². The van der Waals surface area contributed by atoms with Crippen LogP contribution in [0.3, 0.4) is 0 Å². The molecule has 0 atom stereocenters. The lowest BCUT2D eigenvalue weighted by Gasteiger charge is -2.66. The van der Waals surface area contributed by atoms with Gasteiger partial charge in [-0.1, -0.05) is 13.3 Å². The largest absolute Gasteiger partial charge is 0.244 e. The third-order valence-corrected chi connectivity index (χ3v) is 2.83. The van der Waals surface area contributed by atoms with Gasteiger partial charge in [0, 0.05) is 0 Å². The minimum atomic E-state index is -0.671. The van der Waals surface area contributed by atoms with E-state index in [1.807, 2.05) is 0 Å². The second-order valence-corrected chi connectivity index (χ2v) is 3.53. The van der Waals surface area contributed by atoms with Crippen LogP contribution in [0.1, 0.15) is 32.6 Å². The molecule has 0 aromatic heterocycles. The van der Waals surface area contributed by atoms with Gasteiger partial charge in [0.2, 0.25) is 0 Å². The van der Waals surface area contributed by atoms with E-state index in [9.17, 15) is 4.39 Å². The van der Waals surface area contributed by atoms with Crippen LogP contribution in [0, 0.1) is 5.41 Å². The second-order valence-electron chi connectivity index (χ2n) is 3.53. The SMILES string of the molecule is CCC12CC(F)(C1)C2. The van der Waals surface area contributed by atoms with Crippen LogP contribution in [0.15, 0.2) is 0 Å². The summed E-state index contributed by atoms with van der Waals surface area (Å²) in [7, 11) is 0. The van der Waals surface area contributed by atoms with Crippen molar-refractivity contribution in [2.75, 3.05) is 0 Å². The predicted octanol–water partition coefficient (Wildman–Crippen LogP) is 2.29. The Kier molecular flexibility index (Phi) is 0.573. The van der Waals surface area contributed by atoms with E-state index >= 15 is 0 Å². The van der Waals surface area contributed by atoms with E-state index in [1.165, 1.54) is 6.42 Å². The zero-order valence-corrected chi connectivity index (χ0v) is 5.21. The van der Waals surface area contributed by atoms with Crippen LogP contribution in [-0.4, -0.2) is 5.67 Å². The maximum Gasteiger partial charge on any atom is 0.112 e. The molecule has 0 nitrogen and oxygen atoms in total. The fraction of sp³-hybridized carbons (Fsp3) is 1.00. The molecule has 2 bridgehead atoms. The maximum absolute atomic E-state index is 12.7. The smallest absolute Gasteiger partial charge is 0.112 e. The Morgan fingerprint density at radius 1 is 1.38 bits per heavy atom. The molecule has 8 heavy (non-hydrogen) atoms. The summed E-state index contributed by atoms with van der Waals surface area (Å²) in [6.07, 6.45) is 3.81. The molecule has 0 spiro atoms. The molecule has 0 radical (unpaired) electrons. The van der Waals surface area contributed by atoms with Gasteiger partial charge in [-0.15, -0.1) is 0 Å². The lowest BCUT2D eigenvalue weighted by atomic mass is 9.41. The Labute approximate surface area is 49.1 Å². The molecule has 0 aromatic carbocycles. The highest BCUT2D eigenvalue weighted by Gasteiger charge is 2.67. The average Bonchev–Trinajstić information content (AvgIpc) is 1.55. The lowest BCUT2D eigenvalue weighted by Crippen LogP contribution is -2.63. The van der Waals surface area contributed by atoms with E-state index in [2.05, 4.69) is 6.92 Å². The first-order chi connectivity index (χ1) is 3.68. The molecule has 3 aliphatic rings. The second kappa shape index (κ2) is 0.960. The van der Waals surface area contributed by atoms with E-state index in [0.29, 0.717) is 5.41 Å². The highest BCUT2D eigenvalue weighted by molar-refractivity contribution is 5.18. The van der Waals surface area contributed by atoms with E-state index in [-0.39, 0.29) is 0 Å². The minimum absolute atomic E-state index is 0.495. The van der Waals surface area contributed by atoms with Gasteiger partial charge in [0.15, 0.2) is 0 Å². The van der Waals surface area contributed by atoms with Crippen LogP contribution in [-0.2, 0) is 0 Å². The molecule has 3 saturated carbocycles. The number of hydrogen-bond donors (Lipinski definition) is 0. The Morgan fingerprint density at radius 3 is 2.00 bits per heavy atom. The van der Waals surface area contributed by atoms with Crippen molar-refractivity contribution in [3.63, 3.8) is 0 Å². The molecule has 0 N–H and O–H groups in total. The van der Waals surface area contributed by atoms with Gasteiger partial charge in [-0.3, -0.25) is 0 Å². The third kappa shape index (κ3) is 0.329. The predicted molar refractivity (Wildman–Crippen MR) is 30.4 cm³/mol. The van der Waals surface area contributed by atoms with Crippen molar-refractivity contribution in [2.45, 2.75) is 38.3 Å². The molecule has 0 aliphatic heterocycles. The Balaban J connectivity index is 2.04. The number of hydrogen-bond acceptors (Lipinski definition) is 0. The highest BCUT2D eigenvalue weighted by atomic mass is 19.1. The van der Waals surface area contributed by atoms with Crippen LogP contribution >= 0.6 is 0 Å². The van der Waals surface area contributed by atoms with Gasteiger partial charge < -0.3 is 0 Å². The molecule has 46 valence electrons. The first-order valence-corrected chi connectivity index (χ1v) is 3.37. The van der Waals surface area contributed by atoms with Crippen molar-refractivity contribution < 1.29 is 4.39 Å². The van der Waals surface area contributed by atoms with Crippen LogP contribution in [0.25, 0.3) is 0 Å². The van der Waals surface area contributed by atoms with Crippen LogP contribution in [0.2, 0.25) is 0 Å². The van der Waals surface area contributed by atoms with Gasteiger partial charge in [0.1, 0.15) is 5.67 Å². The van der Waals surface area contributed by atoms with Gasteiger partial charge >= 0.3 is 0 Å². The summed E-state index contributed by atoms with van der Waals surface area (Å²) in [6.45, 7) is 2.17. The molecule has 0 aromatic rings. The molecule has 3 fully saturated rings. The van der Waals surface area contributed by atoms with Crippen molar-refractivity contribution in [2.24, 2.45) is 5.41 Å². The van der Waals surface area contributed by atoms with Crippen molar-refractivity contribution in [1.29, 1.82) is 0 Å². The van der Waals surface area contributed by atoms with E-state index in [1.54, 1.807) is 0 Å². The van der Waals surface area contributed by atoms with Crippen molar-refractivity contribution in [1.82, 2.24) is 0 Å². The van der Waals surface area contributed by atoms with Gasteiger partial charge in [-0.25, -0.2) is 4.39 Å². The number of alkyl halides is 1. The van der Waals surface area contributed by atoms with Crippen LogP contribution in [0.4, 0.5) is 4.39 Å². The first-order valence-electron chi connectivity index (χ1n) is 3.37. The normalized spacial score (nSPS) is 59.2. The Hall–Kier alpha value is -0.0700. The summed E-state index contributed by atoms with van der Waals surface area (Å²) >= 11 is 0. The fourth-order valence-corrected chi connectivity index (χ4v) is 2.24. The fourth-order valence-electron chi connectivity index (χ4n) is 2.24. The summed E-state index contributed by atoms with van der Waals surface area (Å²) in [5.74, 6) is 0. The zero-order valence-electron chi connectivity index (χ0n) is 5.21. The Bertz CT molecular complexity index is 109. The van der Waals surface area contributed by atoms with Crippen LogP contribution in [0.5, 0.6) is 0 Å². The van der Waals surface area contributed by atoms with E-state index < -0.39 is 5.67 Å². The van der Waals surface area contributed by atoms with Gasteiger partial charge in [0.25, 0.3) is 0 Å². The summed E-state index contributed by atoms with van der Waals surface area (Å²) in [5, 5.41) is 0. The minimum Gasteiger partial charge on any atom is -0.244 e. The average molecular weight is 114 g/mol. The molecule has 0 heterocycles. The highest BCUT2D eigenvalue weighted by Crippen LogP contribution is 2.70. The third-order valence-electron chi connectivity index (χ3n) is 2.83. The van der Waals surface area contributed by atoms with Crippen molar-refractivity contribution >= 4 is 0 Å². The monoisotopic (exact) mass is 114 g/mol. The maximum atomic E-state index is 12.7. The van der Waals surface area contributed by atoms with Gasteiger partial charge in [-0.2, -0.15) is 0 Å². The molecular formula is C7H11F. The summed E-state index contributed by atoms with van der Waals surface area (Å²) < 4.78 is 12.7. The number of rotatable bonds is 1. The topological polar surface area (TPSA) is 0 Å². The molecule has 0 amide bonds. The summed E-state index contributed by atoms with van der Waals surface area (Å²) in [6, 6.07) is 0. The van der Waals surface area contributed by atoms with Crippen molar-refractivity contribution in [3.8, 4) is 0 Å². The molecule has 0 saturated heterocycles. The summed E-state index contributed by atoms with van der Waals surface area (Å²) in [5.41, 5.74) is -0.176. The zero-order chi connectivity index (χ0) is 5.83. The van der Waals surface area contributed by atoms with E-state index in [4.69, 9.17) is 0 Å². The lowest BCUT2D eigenvalue weighted by molar-refractivity contribution is -0.214. The quantitative estimate of drug-likeness (QED) is 0.490. The first kappa shape index (κ1) is 4.78. The number of halogens is 1. The molecule has 3 rings (SSSR count). The van der Waals surface area contributed by atoms with Gasteiger partial charge in [-0.05, 0) is 24.7 Å². The van der Waals surface area contributed by atoms with Crippen molar-refractivity contribution in [3.05, 3.63) is 0 Å². The van der Waals surface area contributed by atoms with Crippen LogP contribution < -0.4 is 0 Å².